The first-order chi connectivity index (χ1) is 10.2. The lowest BCUT2D eigenvalue weighted by Gasteiger charge is -2.14. The molecule has 0 aliphatic carbocycles. The molecule has 0 spiro atoms. The summed E-state index contributed by atoms with van der Waals surface area (Å²) in [7, 11) is 2.95. The summed E-state index contributed by atoms with van der Waals surface area (Å²) in [6.07, 6.45) is 3.06. The fourth-order valence-corrected chi connectivity index (χ4v) is 1.77. The first kappa shape index (κ1) is 14.7. The van der Waals surface area contributed by atoms with Crippen LogP contribution in [0.15, 0.2) is 30.7 Å². The number of ether oxygens (including phenoxy) is 2. The van der Waals surface area contributed by atoms with Crippen LogP contribution in [0.2, 0.25) is 0 Å². The second-order valence-corrected chi connectivity index (χ2v) is 4.24. The average Bonchev–Trinajstić information content (AvgIpc) is 2.54. The molecular weight excluding hydrogens is 272 g/mol. The highest BCUT2D eigenvalue weighted by Crippen LogP contribution is 2.20. The molecule has 0 bridgehead atoms. The second-order valence-electron chi connectivity index (χ2n) is 4.24. The third kappa shape index (κ3) is 3.44. The van der Waals surface area contributed by atoms with Crippen molar-refractivity contribution in [3.63, 3.8) is 0 Å². The zero-order valence-corrected chi connectivity index (χ0v) is 12.0. The van der Waals surface area contributed by atoms with E-state index in [0.717, 1.165) is 5.69 Å². The van der Waals surface area contributed by atoms with Gasteiger partial charge in [-0.3, -0.25) is 4.79 Å². The van der Waals surface area contributed by atoms with Gasteiger partial charge in [0.05, 0.1) is 26.0 Å². The van der Waals surface area contributed by atoms with Crippen molar-refractivity contribution < 1.29 is 14.3 Å². The summed E-state index contributed by atoms with van der Waals surface area (Å²) in [4.78, 5) is 24.3. The molecule has 2 aromatic heterocycles. The fraction of sp³-hybridized carbons (Fsp3) is 0.286. The van der Waals surface area contributed by atoms with Crippen LogP contribution in [0.4, 0.5) is 0 Å². The molecule has 2 rings (SSSR count). The topological polar surface area (TPSA) is 86.2 Å². The molecule has 1 N–H and O–H groups in total. The monoisotopic (exact) mass is 288 g/mol. The van der Waals surface area contributed by atoms with E-state index in [-0.39, 0.29) is 17.8 Å². The lowest BCUT2D eigenvalue weighted by Crippen LogP contribution is -2.27. The van der Waals surface area contributed by atoms with Crippen LogP contribution in [0, 0.1) is 0 Å². The number of amides is 1. The van der Waals surface area contributed by atoms with Crippen molar-refractivity contribution in [1.82, 2.24) is 20.3 Å². The highest BCUT2D eigenvalue weighted by molar-refractivity contribution is 5.96. The lowest BCUT2D eigenvalue weighted by atomic mass is 10.2. The summed E-state index contributed by atoms with van der Waals surface area (Å²) in [5, 5.41) is 2.83. The van der Waals surface area contributed by atoms with Crippen molar-refractivity contribution in [3.05, 3.63) is 42.0 Å². The van der Waals surface area contributed by atoms with E-state index in [1.165, 1.54) is 20.5 Å². The maximum absolute atomic E-state index is 12.3. The van der Waals surface area contributed by atoms with Crippen molar-refractivity contribution in [2.75, 3.05) is 14.2 Å². The number of hydrogen-bond donors (Lipinski definition) is 1. The summed E-state index contributed by atoms with van der Waals surface area (Å²) < 4.78 is 10.1. The Kier molecular flexibility index (Phi) is 4.65. The van der Waals surface area contributed by atoms with E-state index in [9.17, 15) is 4.79 Å². The van der Waals surface area contributed by atoms with E-state index < -0.39 is 0 Å². The minimum atomic E-state index is -0.298. The van der Waals surface area contributed by atoms with E-state index in [0.29, 0.717) is 11.4 Å². The third-order valence-corrected chi connectivity index (χ3v) is 2.88. The first-order valence-corrected chi connectivity index (χ1v) is 6.31. The number of aromatic nitrogens is 3. The van der Waals surface area contributed by atoms with Gasteiger partial charge in [0.25, 0.3) is 5.91 Å². The van der Waals surface area contributed by atoms with Gasteiger partial charge in [-0.05, 0) is 19.1 Å². The second kappa shape index (κ2) is 6.65. The number of carbonyl (C=O) groups excluding carboxylic acids is 1. The predicted molar refractivity (Wildman–Crippen MR) is 75.3 cm³/mol. The maximum atomic E-state index is 12.3. The smallest absolute Gasteiger partial charge is 0.257 e. The molecule has 0 fully saturated rings. The van der Waals surface area contributed by atoms with Crippen LogP contribution in [0.1, 0.15) is 29.0 Å². The van der Waals surface area contributed by atoms with E-state index in [2.05, 4.69) is 20.3 Å². The number of carbonyl (C=O) groups is 1. The minimum absolute atomic E-state index is 0.210. The molecule has 7 heteroatoms. The molecule has 1 amide bonds. The van der Waals surface area contributed by atoms with Crippen LogP contribution in [0.3, 0.4) is 0 Å². The molecule has 0 unspecified atom stereocenters. The van der Waals surface area contributed by atoms with Crippen LogP contribution in [-0.2, 0) is 0 Å². The summed E-state index contributed by atoms with van der Waals surface area (Å²) in [5.74, 6) is 0.294. The highest BCUT2D eigenvalue weighted by atomic mass is 16.5. The molecular formula is C14H16N4O3. The van der Waals surface area contributed by atoms with E-state index in [4.69, 9.17) is 9.47 Å². The average molecular weight is 288 g/mol. The number of methoxy groups -OCH3 is 2. The maximum Gasteiger partial charge on any atom is 0.257 e. The van der Waals surface area contributed by atoms with Crippen molar-refractivity contribution >= 4 is 5.91 Å². The molecule has 2 heterocycles. The Balaban J connectivity index is 2.17. The van der Waals surface area contributed by atoms with E-state index in [1.54, 1.807) is 24.4 Å². The van der Waals surface area contributed by atoms with Gasteiger partial charge in [0.15, 0.2) is 0 Å². The van der Waals surface area contributed by atoms with E-state index >= 15 is 0 Å². The van der Waals surface area contributed by atoms with Crippen molar-refractivity contribution in [1.29, 1.82) is 0 Å². The number of nitrogens with one attached hydrogen (secondary N) is 1. The van der Waals surface area contributed by atoms with Gasteiger partial charge in [-0.2, -0.15) is 4.98 Å². The summed E-state index contributed by atoms with van der Waals surface area (Å²) >= 11 is 0. The van der Waals surface area contributed by atoms with Crippen LogP contribution < -0.4 is 14.8 Å². The van der Waals surface area contributed by atoms with Crippen molar-refractivity contribution in [2.45, 2.75) is 13.0 Å². The minimum Gasteiger partial charge on any atom is -0.481 e. The molecule has 0 saturated carbocycles. The number of rotatable bonds is 5. The van der Waals surface area contributed by atoms with Crippen molar-refractivity contribution in [2.24, 2.45) is 0 Å². The van der Waals surface area contributed by atoms with Crippen LogP contribution >= 0.6 is 0 Å². The zero-order valence-electron chi connectivity index (χ0n) is 12.0. The molecule has 0 aliphatic heterocycles. The SMILES string of the molecule is COc1ccc(C(=O)N[C@H](C)c2ccncn2)c(OC)n1. The van der Waals surface area contributed by atoms with Crippen molar-refractivity contribution in [3.8, 4) is 11.8 Å². The predicted octanol–water partition coefficient (Wildman–Crippen LogP) is 1.38. The Morgan fingerprint density at radius 2 is 2.05 bits per heavy atom. The molecule has 7 nitrogen and oxygen atoms in total. The molecule has 0 aromatic carbocycles. The van der Waals surface area contributed by atoms with Gasteiger partial charge in [-0.1, -0.05) is 0 Å². The quantitative estimate of drug-likeness (QED) is 0.894. The molecule has 0 saturated heterocycles. The molecule has 0 radical (unpaired) electrons. The van der Waals surface area contributed by atoms with Crippen LogP contribution in [0.5, 0.6) is 11.8 Å². The molecule has 110 valence electrons. The fourth-order valence-electron chi connectivity index (χ4n) is 1.77. The Labute approximate surface area is 122 Å². The molecule has 2 aromatic rings. The van der Waals surface area contributed by atoms with Gasteiger partial charge in [-0.25, -0.2) is 9.97 Å². The Morgan fingerprint density at radius 1 is 1.24 bits per heavy atom. The zero-order chi connectivity index (χ0) is 15.2. The Bertz CT molecular complexity index is 619. The Hall–Kier alpha value is -2.70. The molecule has 1 atom stereocenters. The standard InChI is InChI=1S/C14H16N4O3/c1-9(11-6-7-15-8-16-11)17-13(19)10-4-5-12(20-2)18-14(10)21-3/h4-9H,1-3H3,(H,17,19)/t9-/m1/s1. The van der Waals surface area contributed by atoms with Gasteiger partial charge in [0.1, 0.15) is 11.9 Å². The van der Waals surface area contributed by atoms with Gasteiger partial charge in [0, 0.05) is 12.3 Å². The summed E-state index contributed by atoms with van der Waals surface area (Å²) in [5.41, 5.74) is 1.05. The number of pyridine rings is 1. The normalized spacial score (nSPS) is 11.6. The van der Waals surface area contributed by atoms with E-state index in [1.807, 2.05) is 6.92 Å². The van der Waals surface area contributed by atoms with Gasteiger partial charge < -0.3 is 14.8 Å². The van der Waals surface area contributed by atoms with Gasteiger partial charge in [-0.15, -0.1) is 0 Å². The number of hydrogen-bond acceptors (Lipinski definition) is 6. The largest absolute Gasteiger partial charge is 0.481 e. The molecule has 21 heavy (non-hydrogen) atoms. The molecule has 0 aliphatic rings. The van der Waals surface area contributed by atoms with Crippen LogP contribution in [-0.4, -0.2) is 35.1 Å². The first-order valence-electron chi connectivity index (χ1n) is 6.31. The summed E-state index contributed by atoms with van der Waals surface area (Å²) in [6.45, 7) is 1.84. The van der Waals surface area contributed by atoms with Gasteiger partial charge >= 0.3 is 0 Å². The summed E-state index contributed by atoms with van der Waals surface area (Å²) in [6, 6.07) is 4.70. The Morgan fingerprint density at radius 3 is 2.67 bits per heavy atom. The third-order valence-electron chi connectivity index (χ3n) is 2.88. The number of nitrogens with zero attached hydrogens (tertiary/aromatic N) is 3. The van der Waals surface area contributed by atoms with Crippen LogP contribution in [0.25, 0.3) is 0 Å². The lowest BCUT2D eigenvalue weighted by molar-refractivity contribution is 0.0935. The van der Waals surface area contributed by atoms with Gasteiger partial charge in [0.2, 0.25) is 11.8 Å². The highest BCUT2D eigenvalue weighted by Gasteiger charge is 2.17.